The summed E-state index contributed by atoms with van der Waals surface area (Å²) in [6.45, 7) is 0. The fourth-order valence-electron chi connectivity index (χ4n) is 0.555. The Morgan fingerprint density at radius 1 is 1.55 bits per heavy atom. The number of carbonyl (C=O) groups excluding carboxylic acids is 2. The van der Waals surface area contributed by atoms with Crippen molar-refractivity contribution < 1.29 is 14.0 Å². The molecule has 2 N–H and O–H groups in total. The molecule has 5 heteroatoms. The van der Waals surface area contributed by atoms with E-state index in [2.05, 4.69) is 15.5 Å². The van der Waals surface area contributed by atoms with E-state index in [1.165, 1.54) is 18.4 Å². The molecule has 3 amide bonds. The summed E-state index contributed by atoms with van der Waals surface area (Å²) in [6, 6.07) is 1.89. The Morgan fingerprint density at radius 2 is 2.27 bits per heavy atom. The van der Waals surface area contributed by atoms with E-state index >= 15 is 0 Å². The highest BCUT2D eigenvalue weighted by Crippen LogP contribution is 1.98. The van der Waals surface area contributed by atoms with Crippen molar-refractivity contribution in [3.63, 3.8) is 0 Å². The molecular weight excluding hydrogens is 148 g/mol. The monoisotopic (exact) mass is 153 g/mol. The van der Waals surface area contributed by atoms with Crippen molar-refractivity contribution in [2.24, 2.45) is 5.73 Å². The summed E-state index contributed by atoms with van der Waals surface area (Å²) < 4.78 is 4.65. The second kappa shape index (κ2) is 2.87. The molecule has 5 nitrogen and oxygen atoms in total. The number of hydrogen-bond acceptors (Lipinski definition) is 3. The first-order valence-corrected chi connectivity index (χ1v) is 2.79. The zero-order valence-electron chi connectivity index (χ0n) is 5.48. The molecule has 57 valence electrons. The van der Waals surface area contributed by atoms with Crippen molar-refractivity contribution in [3.8, 4) is 0 Å². The van der Waals surface area contributed by atoms with Gasteiger partial charge in [-0.05, 0) is 12.1 Å². The number of nitrogens with two attached hydrogens (primary N) is 1. The molecule has 1 aromatic heterocycles. The van der Waals surface area contributed by atoms with Gasteiger partial charge in [-0.1, -0.05) is 0 Å². The van der Waals surface area contributed by atoms with E-state index in [0.717, 1.165) is 0 Å². The first kappa shape index (κ1) is 7.33. The lowest BCUT2D eigenvalue weighted by atomic mass is 10.4. The maximum absolute atomic E-state index is 10.8. The van der Waals surface area contributed by atoms with Crippen LogP contribution in [0.25, 0.3) is 0 Å². The molecule has 1 aromatic rings. The number of carbonyl (C=O) groups is 2. The molecule has 0 spiro atoms. The first-order valence-electron chi connectivity index (χ1n) is 2.79. The van der Waals surface area contributed by atoms with Crippen LogP contribution < -0.4 is 11.1 Å². The topological polar surface area (TPSA) is 87.4 Å². The van der Waals surface area contributed by atoms with E-state index in [1.807, 2.05) is 0 Å². The molecule has 11 heavy (non-hydrogen) atoms. The van der Waals surface area contributed by atoms with Crippen LogP contribution in [0.2, 0.25) is 0 Å². The minimum Gasteiger partial charge on any atom is -0.459 e. The van der Waals surface area contributed by atoms with Gasteiger partial charge >= 0.3 is 11.9 Å². The smallest absolute Gasteiger partial charge is 0.341 e. The minimum absolute atomic E-state index is 0.00352. The van der Waals surface area contributed by atoms with Crippen LogP contribution >= 0.6 is 0 Å². The average molecular weight is 153 g/mol. The quantitative estimate of drug-likeness (QED) is 0.620. The summed E-state index contributed by atoms with van der Waals surface area (Å²) in [7, 11) is 0. The van der Waals surface area contributed by atoms with E-state index < -0.39 is 11.9 Å². The minimum atomic E-state index is -1.02. The fourth-order valence-corrected chi connectivity index (χ4v) is 0.555. The van der Waals surface area contributed by atoms with Crippen LogP contribution in [0.4, 0.5) is 4.79 Å². The van der Waals surface area contributed by atoms with Crippen LogP contribution in [0, 0.1) is 0 Å². The van der Waals surface area contributed by atoms with Crippen LogP contribution in [0.1, 0.15) is 10.6 Å². The predicted octanol–water partition coefficient (Wildman–Crippen LogP) is 0.103. The Kier molecular flexibility index (Phi) is 1.91. The predicted molar refractivity (Wildman–Crippen MR) is 34.8 cm³/mol. The largest absolute Gasteiger partial charge is 0.459 e. The lowest BCUT2D eigenvalue weighted by Gasteiger charge is -1.90. The van der Waals surface area contributed by atoms with Gasteiger partial charge in [0.15, 0.2) is 5.76 Å². The average Bonchev–Trinajstić information content (AvgIpc) is 2.35. The molecule has 0 aliphatic carbocycles. The number of hydrogen-bond donors (Lipinski definition) is 1. The standard InChI is InChI=1S/C6H5N2O3/c7-6(10)8-5(9)4-2-1-3-11-4/h1-3H,(H2,7,10). The Hall–Kier alpha value is -1.78. The van der Waals surface area contributed by atoms with Crippen molar-refractivity contribution in [3.05, 3.63) is 24.2 Å². The van der Waals surface area contributed by atoms with Crippen molar-refractivity contribution in [1.82, 2.24) is 5.32 Å². The summed E-state index contributed by atoms with van der Waals surface area (Å²) in [6.07, 6.45) is 1.31. The highest BCUT2D eigenvalue weighted by Gasteiger charge is 2.11. The number of furan rings is 1. The molecule has 0 bridgehead atoms. The maximum Gasteiger partial charge on any atom is 0.341 e. The van der Waals surface area contributed by atoms with Gasteiger partial charge in [-0.3, -0.25) is 4.79 Å². The fraction of sp³-hybridized carbons (Fsp3) is 0. The zero-order valence-corrected chi connectivity index (χ0v) is 5.48. The molecular formula is C6H5N2O3. The zero-order chi connectivity index (χ0) is 8.27. The molecule has 0 unspecified atom stereocenters. The Bertz CT molecular complexity index is 265. The van der Waals surface area contributed by atoms with Gasteiger partial charge in [-0.2, -0.15) is 5.32 Å². The van der Waals surface area contributed by atoms with E-state index in [1.54, 1.807) is 0 Å². The number of imide groups is 1. The van der Waals surface area contributed by atoms with Crippen LogP contribution in [-0.4, -0.2) is 11.9 Å². The van der Waals surface area contributed by atoms with Gasteiger partial charge in [0.2, 0.25) is 0 Å². The Balaban J connectivity index is 2.64. The Morgan fingerprint density at radius 3 is 2.73 bits per heavy atom. The van der Waals surface area contributed by atoms with Gasteiger partial charge in [0.25, 0.3) is 0 Å². The van der Waals surface area contributed by atoms with Crippen LogP contribution in [0.15, 0.2) is 22.8 Å². The van der Waals surface area contributed by atoms with Gasteiger partial charge in [0, 0.05) is 0 Å². The van der Waals surface area contributed by atoms with Crippen LogP contribution in [0.3, 0.4) is 0 Å². The lowest BCUT2D eigenvalue weighted by molar-refractivity contribution is 0.0935. The number of nitrogens with zero attached hydrogens (tertiary/aromatic N) is 1. The molecule has 0 saturated carbocycles. The van der Waals surface area contributed by atoms with Gasteiger partial charge < -0.3 is 10.2 Å². The molecule has 1 rings (SSSR count). The van der Waals surface area contributed by atoms with Gasteiger partial charge in [0.1, 0.15) is 0 Å². The van der Waals surface area contributed by atoms with Crippen LogP contribution in [0.5, 0.6) is 0 Å². The van der Waals surface area contributed by atoms with Gasteiger partial charge in [0.05, 0.1) is 6.26 Å². The molecule has 0 aliphatic rings. The molecule has 1 radical (unpaired) electrons. The van der Waals surface area contributed by atoms with Crippen molar-refractivity contribution in [2.75, 3.05) is 0 Å². The molecule has 0 saturated heterocycles. The third-order valence-corrected chi connectivity index (χ3v) is 0.944. The second-order valence-corrected chi connectivity index (χ2v) is 1.73. The number of primary amides is 1. The van der Waals surface area contributed by atoms with E-state index in [4.69, 9.17) is 0 Å². The number of rotatable bonds is 1. The molecule has 0 atom stereocenters. The normalized spacial score (nSPS) is 9.09. The van der Waals surface area contributed by atoms with Crippen molar-refractivity contribution in [1.29, 1.82) is 0 Å². The Labute approximate surface area is 62.2 Å². The van der Waals surface area contributed by atoms with E-state index in [9.17, 15) is 9.59 Å². The second-order valence-electron chi connectivity index (χ2n) is 1.73. The first-order chi connectivity index (χ1) is 5.20. The summed E-state index contributed by atoms with van der Waals surface area (Å²) in [5, 5.41) is 2.93. The SMILES string of the molecule is NC(=O)[N]C(=O)c1ccco1. The molecule has 0 aromatic carbocycles. The highest BCUT2D eigenvalue weighted by molar-refractivity contribution is 6.01. The highest BCUT2D eigenvalue weighted by atomic mass is 16.3. The van der Waals surface area contributed by atoms with Gasteiger partial charge in [-0.15, -0.1) is 0 Å². The van der Waals surface area contributed by atoms with E-state index in [-0.39, 0.29) is 5.76 Å². The van der Waals surface area contributed by atoms with Crippen molar-refractivity contribution >= 4 is 11.9 Å². The molecule has 0 fully saturated rings. The third-order valence-electron chi connectivity index (χ3n) is 0.944. The summed E-state index contributed by atoms with van der Waals surface area (Å²) in [5.74, 6) is -0.758. The number of urea groups is 1. The van der Waals surface area contributed by atoms with E-state index in [0.29, 0.717) is 0 Å². The molecule has 1 heterocycles. The third kappa shape index (κ3) is 1.82. The summed E-state index contributed by atoms with van der Waals surface area (Å²) in [5.41, 5.74) is 4.63. The summed E-state index contributed by atoms with van der Waals surface area (Å²) >= 11 is 0. The maximum atomic E-state index is 10.8. The summed E-state index contributed by atoms with van der Waals surface area (Å²) in [4.78, 5) is 20.9. The van der Waals surface area contributed by atoms with Crippen molar-refractivity contribution in [2.45, 2.75) is 0 Å². The lowest BCUT2D eigenvalue weighted by Crippen LogP contribution is -2.27. The number of amides is 3. The van der Waals surface area contributed by atoms with Gasteiger partial charge in [-0.25, -0.2) is 4.79 Å². The van der Waals surface area contributed by atoms with Crippen LogP contribution in [-0.2, 0) is 0 Å². The molecule has 0 aliphatic heterocycles.